The highest BCUT2D eigenvalue weighted by Gasteiger charge is 2.35. The lowest BCUT2D eigenvalue weighted by atomic mass is 9.90. The number of ether oxygens (including phenoxy) is 1. The Morgan fingerprint density at radius 2 is 2.08 bits per heavy atom. The highest BCUT2D eigenvalue weighted by molar-refractivity contribution is 5.98. The Morgan fingerprint density at radius 3 is 2.83 bits per heavy atom. The van der Waals surface area contributed by atoms with Gasteiger partial charge in [0, 0.05) is 38.4 Å². The molecule has 0 saturated carbocycles. The van der Waals surface area contributed by atoms with Crippen LogP contribution in [-0.2, 0) is 20.9 Å². The Morgan fingerprint density at radius 1 is 1.29 bits per heavy atom. The van der Waals surface area contributed by atoms with Gasteiger partial charge < -0.3 is 20.7 Å². The fourth-order valence-electron chi connectivity index (χ4n) is 3.22. The molecular weight excluding hydrogens is 306 g/mol. The lowest BCUT2D eigenvalue weighted by Gasteiger charge is -2.31. The predicted octanol–water partition coefficient (Wildman–Crippen LogP) is 1.65. The van der Waals surface area contributed by atoms with Crippen LogP contribution in [0.15, 0.2) is 24.3 Å². The van der Waals surface area contributed by atoms with Crippen molar-refractivity contribution in [1.82, 2.24) is 4.90 Å². The minimum atomic E-state index is -0.864. The summed E-state index contributed by atoms with van der Waals surface area (Å²) >= 11 is 0. The first kappa shape index (κ1) is 16.9. The van der Waals surface area contributed by atoms with Crippen molar-refractivity contribution in [3.63, 3.8) is 0 Å². The van der Waals surface area contributed by atoms with Crippen LogP contribution in [0.25, 0.3) is 0 Å². The second-order valence-electron chi connectivity index (χ2n) is 6.70. The van der Waals surface area contributed by atoms with E-state index in [9.17, 15) is 9.59 Å². The zero-order valence-electron chi connectivity index (χ0n) is 13.9. The molecule has 24 heavy (non-hydrogen) atoms. The van der Waals surface area contributed by atoms with Crippen LogP contribution in [0.1, 0.15) is 37.7 Å². The maximum absolute atomic E-state index is 12.5. The van der Waals surface area contributed by atoms with Gasteiger partial charge in [-0.2, -0.15) is 0 Å². The maximum Gasteiger partial charge on any atom is 0.244 e. The number of benzene rings is 1. The summed E-state index contributed by atoms with van der Waals surface area (Å²) in [6.07, 6.45) is 3.73. The fourth-order valence-corrected chi connectivity index (χ4v) is 3.22. The molecule has 2 saturated heterocycles. The van der Waals surface area contributed by atoms with E-state index < -0.39 is 5.54 Å². The number of nitrogens with two attached hydrogens (primary N) is 1. The van der Waals surface area contributed by atoms with Crippen molar-refractivity contribution >= 4 is 17.5 Å². The van der Waals surface area contributed by atoms with Crippen molar-refractivity contribution in [3.05, 3.63) is 29.8 Å². The number of rotatable bonds is 4. The molecular formula is C18H25N3O3. The number of hydrogen-bond acceptors (Lipinski definition) is 4. The van der Waals surface area contributed by atoms with E-state index in [0.29, 0.717) is 39.0 Å². The molecule has 1 aromatic rings. The number of nitrogens with zero attached hydrogens (tertiary/aromatic N) is 1. The van der Waals surface area contributed by atoms with Gasteiger partial charge in [0.1, 0.15) is 5.54 Å². The highest BCUT2D eigenvalue weighted by Crippen LogP contribution is 2.21. The number of amides is 2. The van der Waals surface area contributed by atoms with Crippen LogP contribution in [0.5, 0.6) is 0 Å². The van der Waals surface area contributed by atoms with Crippen molar-refractivity contribution in [2.24, 2.45) is 5.73 Å². The van der Waals surface area contributed by atoms with E-state index in [1.165, 1.54) is 0 Å². The van der Waals surface area contributed by atoms with Gasteiger partial charge in [-0.25, -0.2) is 0 Å². The van der Waals surface area contributed by atoms with Gasteiger partial charge in [0.05, 0.1) is 0 Å². The second-order valence-corrected chi connectivity index (χ2v) is 6.70. The van der Waals surface area contributed by atoms with E-state index in [1.54, 1.807) is 0 Å². The molecule has 2 heterocycles. The number of piperidine rings is 1. The monoisotopic (exact) mass is 331 g/mol. The summed E-state index contributed by atoms with van der Waals surface area (Å²) in [4.78, 5) is 26.3. The predicted molar refractivity (Wildman–Crippen MR) is 91.3 cm³/mol. The van der Waals surface area contributed by atoms with Crippen LogP contribution in [0.3, 0.4) is 0 Å². The molecule has 1 aromatic carbocycles. The van der Waals surface area contributed by atoms with Crippen molar-refractivity contribution < 1.29 is 14.3 Å². The lowest BCUT2D eigenvalue weighted by Crippen LogP contribution is -2.54. The lowest BCUT2D eigenvalue weighted by molar-refractivity contribution is -0.133. The first-order valence-electron chi connectivity index (χ1n) is 8.62. The van der Waals surface area contributed by atoms with E-state index >= 15 is 0 Å². The average Bonchev–Trinajstić information content (AvgIpc) is 2.58. The molecule has 0 radical (unpaired) electrons. The van der Waals surface area contributed by atoms with Crippen molar-refractivity contribution in [3.8, 4) is 0 Å². The van der Waals surface area contributed by atoms with E-state index in [-0.39, 0.29) is 11.8 Å². The molecule has 2 fully saturated rings. The number of hydrogen-bond donors (Lipinski definition) is 2. The molecule has 0 aromatic heterocycles. The second kappa shape index (κ2) is 7.32. The fraction of sp³-hybridized carbons (Fsp3) is 0.556. The number of likely N-dealkylation sites (tertiary alicyclic amines) is 1. The topological polar surface area (TPSA) is 84.7 Å². The average molecular weight is 331 g/mol. The quantitative estimate of drug-likeness (QED) is 0.878. The molecule has 6 heteroatoms. The number of carbonyl (C=O) groups is 2. The molecule has 0 bridgehead atoms. The zero-order chi connectivity index (χ0) is 17.0. The molecule has 6 nitrogen and oxygen atoms in total. The molecule has 0 atom stereocenters. The SMILES string of the molecule is NC1(C(=O)Nc2cccc(CN3CCCCC3=O)c2)CCOCC1. The number of carbonyl (C=O) groups excluding carboxylic acids is 2. The van der Waals surface area contributed by atoms with E-state index in [4.69, 9.17) is 10.5 Å². The zero-order valence-corrected chi connectivity index (χ0v) is 13.9. The van der Waals surface area contributed by atoms with Gasteiger partial charge >= 0.3 is 0 Å². The van der Waals surface area contributed by atoms with Crippen LogP contribution in [0, 0.1) is 0 Å². The molecule has 130 valence electrons. The minimum absolute atomic E-state index is 0.169. The maximum atomic E-state index is 12.5. The normalized spacial score (nSPS) is 20.7. The number of anilines is 1. The Kier molecular flexibility index (Phi) is 5.16. The molecule has 0 spiro atoms. The first-order chi connectivity index (χ1) is 11.6. The molecule has 3 rings (SSSR count). The van der Waals surface area contributed by atoms with Crippen molar-refractivity contribution in [1.29, 1.82) is 0 Å². The van der Waals surface area contributed by atoms with Crippen LogP contribution in [0.2, 0.25) is 0 Å². The van der Waals surface area contributed by atoms with Crippen LogP contribution >= 0.6 is 0 Å². The first-order valence-corrected chi connectivity index (χ1v) is 8.62. The summed E-state index contributed by atoms with van der Waals surface area (Å²) in [6, 6.07) is 7.64. The summed E-state index contributed by atoms with van der Waals surface area (Å²) in [5.74, 6) is 0.0378. The van der Waals surface area contributed by atoms with E-state index in [2.05, 4.69) is 5.32 Å². The molecule has 2 aliphatic rings. The third-order valence-electron chi connectivity index (χ3n) is 4.82. The Bertz CT molecular complexity index is 611. The molecule has 0 aliphatic carbocycles. The van der Waals surface area contributed by atoms with Crippen LogP contribution in [-0.4, -0.2) is 42.0 Å². The highest BCUT2D eigenvalue weighted by atomic mass is 16.5. The van der Waals surface area contributed by atoms with Gasteiger partial charge in [0.2, 0.25) is 11.8 Å². The third kappa shape index (κ3) is 3.94. The van der Waals surface area contributed by atoms with Gasteiger partial charge in [-0.1, -0.05) is 12.1 Å². The van der Waals surface area contributed by atoms with Crippen molar-refractivity contribution in [2.75, 3.05) is 25.1 Å². The summed E-state index contributed by atoms with van der Waals surface area (Å²) in [5.41, 5.74) is 7.08. The Balaban J connectivity index is 1.64. The smallest absolute Gasteiger partial charge is 0.244 e. The molecule has 3 N–H and O–H groups in total. The summed E-state index contributed by atoms with van der Waals surface area (Å²) in [7, 11) is 0. The largest absolute Gasteiger partial charge is 0.381 e. The summed E-state index contributed by atoms with van der Waals surface area (Å²) < 4.78 is 5.28. The molecule has 2 aliphatic heterocycles. The van der Waals surface area contributed by atoms with Crippen LogP contribution < -0.4 is 11.1 Å². The Labute approximate surface area is 142 Å². The van der Waals surface area contributed by atoms with Crippen LogP contribution in [0.4, 0.5) is 5.69 Å². The van der Waals surface area contributed by atoms with Gasteiger partial charge in [0.25, 0.3) is 0 Å². The van der Waals surface area contributed by atoms with Crippen molar-refractivity contribution in [2.45, 2.75) is 44.2 Å². The molecule has 2 amide bonds. The van der Waals surface area contributed by atoms with E-state index in [1.807, 2.05) is 29.2 Å². The van der Waals surface area contributed by atoms with Gasteiger partial charge in [-0.3, -0.25) is 9.59 Å². The summed E-state index contributed by atoms with van der Waals surface area (Å²) in [6.45, 7) is 2.42. The van der Waals surface area contributed by atoms with Gasteiger partial charge in [-0.15, -0.1) is 0 Å². The number of nitrogens with one attached hydrogen (secondary N) is 1. The molecule has 0 unspecified atom stereocenters. The standard InChI is InChI=1S/C18H25N3O3/c19-18(7-10-24-11-8-18)17(23)20-15-5-3-4-14(12-15)13-21-9-2-1-6-16(21)22/h3-5,12H,1-2,6-11,13,19H2,(H,20,23). The summed E-state index contributed by atoms with van der Waals surface area (Å²) in [5, 5.41) is 2.92. The minimum Gasteiger partial charge on any atom is -0.381 e. The third-order valence-corrected chi connectivity index (χ3v) is 4.82. The Hall–Kier alpha value is -1.92. The van der Waals surface area contributed by atoms with Gasteiger partial charge in [0.15, 0.2) is 0 Å². The van der Waals surface area contributed by atoms with E-state index in [0.717, 1.165) is 30.6 Å². The van der Waals surface area contributed by atoms with Gasteiger partial charge in [-0.05, 0) is 43.4 Å².